The van der Waals surface area contributed by atoms with Gasteiger partial charge >= 0.3 is 0 Å². The van der Waals surface area contributed by atoms with Crippen LogP contribution in [-0.2, 0) is 10.0 Å². The number of sulfonamides is 1. The normalized spacial score (nSPS) is 14.5. The van der Waals surface area contributed by atoms with Crippen LogP contribution in [0.15, 0.2) is 35.5 Å². The number of nitrogens with one attached hydrogen (secondary N) is 1. The van der Waals surface area contributed by atoms with Crippen LogP contribution in [0, 0.1) is 0 Å². The summed E-state index contributed by atoms with van der Waals surface area (Å²) in [4.78, 5) is 0. The Labute approximate surface area is 100 Å². The number of oxime groups is 1. The summed E-state index contributed by atoms with van der Waals surface area (Å²) in [6, 6.07) is 7.81. The molecule has 0 aliphatic carbocycles. The van der Waals surface area contributed by atoms with E-state index in [2.05, 4.69) is 9.88 Å². The zero-order valence-electron chi connectivity index (χ0n) is 9.37. The van der Waals surface area contributed by atoms with E-state index < -0.39 is 16.1 Å². The molecule has 7 heteroatoms. The number of nitrogens with two attached hydrogens (primary N) is 1. The predicted molar refractivity (Wildman–Crippen MR) is 65.2 cm³/mol. The molecule has 0 saturated heterocycles. The van der Waals surface area contributed by atoms with Gasteiger partial charge in [0.2, 0.25) is 10.0 Å². The van der Waals surface area contributed by atoms with Gasteiger partial charge in [0.1, 0.15) is 6.04 Å². The van der Waals surface area contributed by atoms with Gasteiger partial charge in [0, 0.05) is 0 Å². The highest BCUT2D eigenvalue weighted by Crippen LogP contribution is 2.13. The standard InChI is InChI=1S/C10H15N3O3S/c1-2-17(15,16)13-9(10(11)12-14)8-6-4-3-5-7-8/h3-7,9,13-14H,2H2,1H3,(H2,11,12). The third kappa shape index (κ3) is 3.72. The van der Waals surface area contributed by atoms with Crippen LogP contribution in [0.3, 0.4) is 0 Å². The Morgan fingerprint density at radius 3 is 2.53 bits per heavy atom. The van der Waals surface area contributed by atoms with E-state index in [0.29, 0.717) is 5.56 Å². The number of amidine groups is 1. The van der Waals surface area contributed by atoms with Crippen molar-refractivity contribution in [3.63, 3.8) is 0 Å². The van der Waals surface area contributed by atoms with Crippen LogP contribution in [0.2, 0.25) is 0 Å². The molecule has 0 radical (unpaired) electrons. The minimum Gasteiger partial charge on any atom is -0.409 e. The Morgan fingerprint density at radius 2 is 2.06 bits per heavy atom. The molecule has 1 aromatic rings. The molecule has 0 saturated carbocycles. The highest BCUT2D eigenvalue weighted by Gasteiger charge is 2.21. The lowest BCUT2D eigenvalue weighted by Gasteiger charge is -2.17. The van der Waals surface area contributed by atoms with E-state index in [1.807, 2.05) is 0 Å². The van der Waals surface area contributed by atoms with Gasteiger partial charge < -0.3 is 10.9 Å². The molecule has 0 amide bonds. The molecular weight excluding hydrogens is 242 g/mol. The topological polar surface area (TPSA) is 105 Å². The molecule has 0 heterocycles. The summed E-state index contributed by atoms with van der Waals surface area (Å²) < 4.78 is 25.4. The monoisotopic (exact) mass is 257 g/mol. The summed E-state index contributed by atoms with van der Waals surface area (Å²) >= 11 is 0. The van der Waals surface area contributed by atoms with Crippen LogP contribution in [0.4, 0.5) is 0 Å². The maximum Gasteiger partial charge on any atom is 0.212 e. The summed E-state index contributed by atoms with van der Waals surface area (Å²) in [5, 5.41) is 11.5. The molecule has 0 spiro atoms. The van der Waals surface area contributed by atoms with Gasteiger partial charge in [-0.1, -0.05) is 35.5 Å². The fourth-order valence-electron chi connectivity index (χ4n) is 1.27. The van der Waals surface area contributed by atoms with E-state index in [4.69, 9.17) is 10.9 Å². The first-order valence-electron chi connectivity index (χ1n) is 5.02. The molecule has 0 bridgehead atoms. The molecule has 0 fully saturated rings. The van der Waals surface area contributed by atoms with Crippen molar-refractivity contribution in [1.29, 1.82) is 0 Å². The first-order chi connectivity index (χ1) is 8.00. The van der Waals surface area contributed by atoms with E-state index in [-0.39, 0.29) is 11.6 Å². The van der Waals surface area contributed by atoms with Crippen molar-refractivity contribution in [2.24, 2.45) is 10.9 Å². The van der Waals surface area contributed by atoms with Crippen LogP contribution in [-0.4, -0.2) is 25.2 Å². The second kappa shape index (κ2) is 5.65. The molecule has 1 atom stereocenters. The Bertz CT molecular complexity index is 485. The van der Waals surface area contributed by atoms with Crippen LogP contribution in [0.25, 0.3) is 0 Å². The van der Waals surface area contributed by atoms with Crippen molar-refractivity contribution in [2.45, 2.75) is 13.0 Å². The summed E-state index contributed by atoms with van der Waals surface area (Å²) in [6.07, 6.45) is 0. The number of rotatable bonds is 5. The number of benzene rings is 1. The molecule has 17 heavy (non-hydrogen) atoms. The minimum absolute atomic E-state index is 0.0744. The Morgan fingerprint density at radius 1 is 1.47 bits per heavy atom. The molecular formula is C10H15N3O3S. The fourth-order valence-corrected chi connectivity index (χ4v) is 2.05. The highest BCUT2D eigenvalue weighted by atomic mass is 32.2. The fraction of sp³-hybridized carbons (Fsp3) is 0.300. The Hall–Kier alpha value is -1.60. The second-order valence-electron chi connectivity index (χ2n) is 3.39. The van der Waals surface area contributed by atoms with E-state index in [9.17, 15) is 8.42 Å². The van der Waals surface area contributed by atoms with Gasteiger partial charge in [0.15, 0.2) is 5.84 Å². The van der Waals surface area contributed by atoms with Crippen molar-refractivity contribution < 1.29 is 13.6 Å². The lowest BCUT2D eigenvalue weighted by atomic mass is 10.1. The first kappa shape index (κ1) is 13.5. The summed E-state index contributed by atoms with van der Waals surface area (Å²) in [6.45, 7) is 1.51. The van der Waals surface area contributed by atoms with Crippen LogP contribution in [0.5, 0.6) is 0 Å². The number of hydrogen-bond acceptors (Lipinski definition) is 4. The van der Waals surface area contributed by atoms with E-state index in [0.717, 1.165) is 0 Å². The Kier molecular flexibility index (Phi) is 4.47. The first-order valence-corrected chi connectivity index (χ1v) is 6.67. The van der Waals surface area contributed by atoms with Crippen molar-refractivity contribution in [2.75, 3.05) is 5.75 Å². The van der Waals surface area contributed by atoms with Gasteiger partial charge in [-0.3, -0.25) is 0 Å². The van der Waals surface area contributed by atoms with Gasteiger partial charge in [-0.05, 0) is 12.5 Å². The zero-order valence-corrected chi connectivity index (χ0v) is 10.2. The van der Waals surface area contributed by atoms with Gasteiger partial charge in [-0.25, -0.2) is 13.1 Å². The molecule has 0 aliphatic rings. The lowest BCUT2D eigenvalue weighted by molar-refractivity contribution is 0.315. The Balaban J connectivity index is 3.07. The molecule has 4 N–H and O–H groups in total. The largest absolute Gasteiger partial charge is 0.409 e. The maximum atomic E-state index is 11.5. The van der Waals surface area contributed by atoms with Crippen LogP contribution >= 0.6 is 0 Å². The van der Waals surface area contributed by atoms with Gasteiger partial charge in [-0.2, -0.15) is 0 Å². The maximum absolute atomic E-state index is 11.5. The van der Waals surface area contributed by atoms with Crippen LogP contribution < -0.4 is 10.5 Å². The van der Waals surface area contributed by atoms with Crippen molar-refractivity contribution >= 4 is 15.9 Å². The molecule has 94 valence electrons. The third-order valence-corrected chi connectivity index (χ3v) is 3.58. The molecule has 0 aliphatic heterocycles. The van der Waals surface area contributed by atoms with E-state index in [1.165, 1.54) is 6.92 Å². The summed E-state index contributed by atoms with van der Waals surface area (Å²) in [5.41, 5.74) is 6.10. The van der Waals surface area contributed by atoms with Crippen LogP contribution in [0.1, 0.15) is 18.5 Å². The molecule has 0 aromatic heterocycles. The lowest BCUT2D eigenvalue weighted by Crippen LogP contribution is -2.38. The summed E-state index contributed by atoms with van der Waals surface area (Å²) in [5.74, 6) is -0.275. The van der Waals surface area contributed by atoms with Crippen molar-refractivity contribution in [1.82, 2.24) is 4.72 Å². The molecule has 6 nitrogen and oxygen atoms in total. The van der Waals surface area contributed by atoms with E-state index in [1.54, 1.807) is 30.3 Å². The smallest absolute Gasteiger partial charge is 0.212 e. The molecule has 1 unspecified atom stereocenters. The summed E-state index contributed by atoms with van der Waals surface area (Å²) in [7, 11) is -3.44. The van der Waals surface area contributed by atoms with Gasteiger partial charge in [0.25, 0.3) is 0 Å². The van der Waals surface area contributed by atoms with Crippen molar-refractivity contribution in [3.8, 4) is 0 Å². The number of hydrogen-bond donors (Lipinski definition) is 3. The quantitative estimate of drug-likeness (QED) is 0.307. The van der Waals surface area contributed by atoms with E-state index >= 15 is 0 Å². The zero-order chi connectivity index (χ0) is 12.9. The average molecular weight is 257 g/mol. The molecule has 1 rings (SSSR count). The molecule has 1 aromatic carbocycles. The second-order valence-corrected chi connectivity index (χ2v) is 5.43. The highest BCUT2D eigenvalue weighted by molar-refractivity contribution is 7.89. The van der Waals surface area contributed by atoms with Gasteiger partial charge in [-0.15, -0.1) is 0 Å². The minimum atomic E-state index is -3.44. The predicted octanol–water partition coefficient (Wildman–Crippen LogP) is 0.413. The van der Waals surface area contributed by atoms with Crippen molar-refractivity contribution in [3.05, 3.63) is 35.9 Å². The van der Waals surface area contributed by atoms with Gasteiger partial charge in [0.05, 0.1) is 5.75 Å². The average Bonchev–Trinajstić information content (AvgIpc) is 2.36. The number of nitrogens with zero attached hydrogens (tertiary/aromatic N) is 1. The third-order valence-electron chi connectivity index (χ3n) is 2.22. The SMILES string of the molecule is CCS(=O)(=O)NC(/C(N)=N/O)c1ccccc1.